The third-order valence-corrected chi connectivity index (χ3v) is 3.41. The number of para-hydroxylation sites is 1. The number of carbonyl (C=O) groups excluding carboxylic acids is 2. The van der Waals surface area contributed by atoms with Crippen molar-refractivity contribution in [1.82, 2.24) is 5.32 Å². The average Bonchev–Trinajstić information content (AvgIpc) is 2.65. The average molecular weight is 397 g/mol. The summed E-state index contributed by atoms with van der Waals surface area (Å²) >= 11 is 0. The zero-order valence-electron chi connectivity index (χ0n) is 14.9. The van der Waals surface area contributed by atoms with E-state index in [4.69, 9.17) is 9.47 Å². The second kappa shape index (κ2) is 9.63. The van der Waals surface area contributed by atoms with Crippen LogP contribution >= 0.6 is 0 Å². The number of benzene rings is 2. The zero-order chi connectivity index (χ0) is 20.6. The third kappa shape index (κ3) is 6.82. The topological polar surface area (TPSA) is 73.9 Å². The van der Waals surface area contributed by atoms with E-state index in [0.29, 0.717) is 11.3 Å². The van der Waals surface area contributed by atoms with Gasteiger partial charge in [0, 0.05) is 12.1 Å². The molecule has 28 heavy (non-hydrogen) atoms. The molecule has 0 aliphatic carbocycles. The maximum Gasteiger partial charge on any atom is 0.573 e. The second-order valence-corrected chi connectivity index (χ2v) is 5.47. The monoisotopic (exact) mass is 397 g/mol. The van der Waals surface area contributed by atoms with Gasteiger partial charge in [0.15, 0.2) is 6.61 Å². The highest BCUT2D eigenvalue weighted by atomic mass is 19.4. The molecule has 0 saturated carbocycles. The van der Waals surface area contributed by atoms with Crippen molar-refractivity contribution in [3.8, 4) is 11.5 Å². The zero-order valence-corrected chi connectivity index (χ0v) is 14.9. The van der Waals surface area contributed by atoms with E-state index in [1.165, 1.54) is 42.5 Å². The van der Waals surface area contributed by atoms with Crippen LogP contribution in [0.2, 0.25) is 0 Å². The number of hydrogen-bond donors (Lipinski definition) is 1. The number of nitrogens with one attached hydrogen (secondary N) is 1. The number of halogens is 3. The Labute approximate surface area is 159 Å². The van der Waals surface area contributed by atoms with Crippen LogP contribution in [0.1, 0.15) is 22.8 Å². The molecule has 1 N–H and O–H groups in total. The van der Waals surface area contributed by atoms with Crippen LogP contribution in [0.5, 0.6) is 11.5 Å². The first-order chi connectivity index (χ1) is 13.3. The van der Waals surface area contributed by atoms with Crippen LogP contribution in [0, 0.1) is 0 Å². The van der Waals surface area contributed by atoms with Crippen molar-refractivity contribution in [2.24, 2.45) is 0 Å². The minimum absolute atomic E-state index is 0.157. The fraction of sp³-hybridized carbons (Fsp3) is 0.263. The van der Waals surface area contributed by atoms with Crippen LogP contribution in [0.3, 0.4) is 0 Å². The first kappa shape index (κ1) is 21.1. The first-order valence-corrected chi connectivity index (χ1v) is 8.29. The van der Waals surface area contributed by atoms with Gasteiger partial charge in [-0.1, -0.05) is 18.2 Å². The minimum atomic E-state index is -4.82. The summed E-state index contributed by atoms with van der Waals surface area (Å²) in [6.07, 6.45) is -4.82. The normalized spacial score (nSPS) is 10.9. The Kier molecular flexibility index (Phi) is 7.25. The van der Waals surface area contributed by atoms with Crippen molar-refractivity contribution in [2.45, 2.75) is 19.8 Å². The number of esters is 1. The van der Waals surface area contributed by atoms with E-state index in [-0.39, 0.29) is 31.1 Å². The molecule has 2 rings (SSSR count). The van der Waals surface area contributed by atoms with Gasteiger partial charge in [0.1, 0.15) is 11.5 Å². The third-order valence-electron chi connectivity index (χ3n) is 3.41. The molecule has 0 bridgehead atoms. The van der Waals surface area contributed by atoms with Gasteiger partial charge in [0.25, 0.3) is 5.91 Å². The smallest absolute Gasteiger partial charge is 0.484 e. The summed E-state index contributed by atoms with van der Waals surface area (Å²) in [6.45, 7) is 1.45. The minimum Gasteiger partial charge on any atom is -0.484 e. The molecule has 0 aromatic heterocycles. The summed E-state index contributed by atoms with van der Waals surface area (Å²) in [5.41, 5.74) is 0.520. The Morgan fingerprint density at radius 3 is 2.36 bits per heavy atom. The fourth-order valence-electron chi connectivity index (χ4n) is 2.17. The number of rotatable bonds is 8. The van der Waals surface area contributed by atoms with E-state index in [1.54, 1.807) is 6.92 Å². The highest BCUT2D eigenvalue weighted by molar-refractivity contribution is 5.89. The molecule has 2 aromatic carbocycles. The molecule has 0 heterocycles. The largest absolute Gasteiger partial charge is 0.573 e. The van der Waals surface area contributed by atoms with E-state index in [0.717, 1.165) is 6.07 Å². The van der Waals surface area contributed by atoms with Crippen molar-refractivity contribution in [3.63, 3.8) is 0 Å². The molecule has 6 nitrogen and oxygen atoms in total. The summed E-state index contributed by atoms with van der Waals surface area (Å²) in [7, 11) is 0. The van der Waals surface area contributed by atoms with Gasteiger partial charge in [-0.25, -0.2) is 4.79 Å². The van der Waals surface area contributed by atoms with Crippen LogP contribution in [0.15, 0.2) is 48.5 Å². The summed E-state index contributed by atoms with van der Waals surface area (Å²) in [4.78, 5) is 23.4. The molecular weight excluding hydrogens is 379 g/mol. The molecule has 1 amide bonds. The number of hydrogen-bond acceptors (Lipinski definition) is 5. The Bertz CT molecular complexity index is 806. The van der Waals surface area contributed by atoms with Crippen molar-refractivity contribution >= 4 is 11.9 Å². The van der Waals surface area contributed by atoms with E-state index in [1.807, 2.05) is 0 Å². The van der Waals surface area contributed by atoms with Gasteiger partial charge in [0.05, 0.1) is 12.2 Å². The van der Waals surface area contributed by atoms with Gasteiger partial charge in [-0.2, -0.15) is 0 Å². The van der Waals surface area contributed by atoms with Gasteiger partial charge < -0.3 is 19.5 Å². The Hall–Kier alpha value is -3.23. The Morgan fingerprint density at radius 2 is 1.71 bits per heavy atom. The van der Waals surface area contributed by atoms with Crippen LogP contribution in [0.25, 0.3) is 0 Å². The SMILES string of the molecule is CCOC(=O)c1ccc(OCC(=O)NCc2ccccc2OC(F)(F)F)cc1. The van der Waals surface area contributed by atoms with Gasteiger partial charge >= 0.3 is 12.3 Å². The maximum absolute atomic E-state index is 12.4. The molecule has 0 aliphatic rings. The van der Waals surface area contributed by atoms with Gasteiger partial charge in [0.2, 0.25) is 0 Å². The van der Waals surface area contributed by atoms with E-state index >= 15 is 0 Å². The van der Waals surface area contributed by atoms with Crippen LogP contribution in [0.4, 0.5) is 13.2 Å². The first-order valence-electron chi connectivity index (χ1n) is 8.29. The molecule has 0 spiro atoms. The van der Waals surface area contributed by atoms with E-state index < -0.39 is 18.2 Å². The number of ether oxygens (including phenoxy) is 3. The number of carbonyl (C=O) groups is 2. The predicted octanol–water partition coefficient (Wildman–Crippen LogP) is 3.46. The van der Waals surface area contributed by atoms with Gasteiger partial charge in [-0.05, 0) is 37.3 Å². The van der Waals surface area contributed by atoms with E-state index in [9.17, 15) is 22.8 Å². The van der Waals surface area contributed by atoms with Crippen LogP contribution < -0.4 is 14.8 Å². The Balaban J connectivity index is 1.84. The van der Waals surface area contributed by atoms with Crippen LogP contribution in [-0.4, -0.2) is 31.5 Å². The molecule has 0 saturated heterocycles. The van der Waals surface area contributed by atoms with Crippen molar-refractivity contribution < 1.29 is 37.0 Å². The Morgan fingerprint density at radius 1 is 1.04 bits per heavy atom. The lowest BCUT2D eigenvalue weighted by Crippen LogP contribution is -2.29. The molecule has 0 fully saturated rings. The van der Waals surface area contributed by atoms with Crippen molar-refractivity contribution in [3.05, 3.63) is 59.7 Å². The predicted molar refractivity (Wildman–Crippen MR) is 92.9 cm³/mol. The molecule has 9 heteroatoms. The molecule has 0 aliphatic heterocycles. The van der Waals surface area contributed by atoms with Crippen LogP contribution in [-0.2, 0) is 16.1 Å². The molecular formula is C19H18F3NO5. The fourth-order valence-corrected chi connectivity index (χ4v) is 2.17. The molecule has 0 radical (unpaired) electrons. The summed E-state index contributed by atoms with van der Waals surface area (Å²) in [5, 5.41) is 2.46. The van der Waals surface area contributed by atoms with Gasteiger partial charge in [-0.15, -0.1) is 13.2 Å². The van der Waals surface area contributed by atoms with Gasteiger partial charge in [-0.3, -0.25) is 4.79 Å². The standard InChI is InChI=1S/C19H18F3NO5/c1-2-26-18(25)13-7-9-15(10-8-13)27-12-17(24)23-11-14-5-3-4-6-16(14)28-19(20,21)22/h3-10H,2,11-12H2,1H3,(H,23,24). The maximum atomic E-state index is 12.4. The number of amides is 1. The molecule has 0 unspecified atom stereocenters. The quantitative estimate of drug-likeness (QED) is 0.691. The lowest BCUT2D eigenvalue weighted by Gasteiger charge is -2.13. The summed E-state index contributed by atoms with van der Waals surface area (Å²) < 4.78 is 51.2. The van der Waals surface area contributed by atoms with Crippen molar-refractivity contribution in [1.29, 1.82) is 0 Å². The second-order valence-electron chi connectivity index (χ2n) is 5.47. The highest BCUT2D eigenvalue weighted by Gasteiger charge is 2.31. The lowest BCUT2D eigenvalue weighted by molar-refractivity contribution is -0.274. The molecule has 2 aromatic rings. The molecule has 150 valence electrons. The molecule has 0 atom stereocenters. The summed E-state index contributed by atoms with van der Waals surface area (Å²) in [6, 6.07) is 11.5. The lowest BCUT2D eigenvalue weighted by atomic mass is 10.2. The summed E-state index contributed by atoms with van der Waals surface area (Å²) in [5.74, 6) is -1.03. The highest BCUT2D eigenvalue weighted by Crippen LogP contribution is 2.26. The van der Waals surface area contributed by atoms with Crippen molar-refractivity contribution in [2.75, 3.05) is 13.2 Å². The van der Waals surface area contributed by atoms with E-state index in [2.05, 4.69) is 10.1 Å². The number of alkyl halides is 3.